The molecule has 218 valence electrons. The van der Waals surface area contributed by atoms with E-state index in [1.807, 2.05) is 4.90 Å². The molecule has 1 fully saturated rings. The van der Waals surface area contributed by atoms with Crippen LogP contribution >= 0.6 is 23.2 Å². The highest BCUT2D eigenvalue weighted by atomic mass is 35.5. The van der Waals surface area contributed by atoms with Crippen LogP contribution in [0.25, 0.3) is 11.0 Å². The number of aromatic amines is 1. The number of rotatable bonds is 8. The fraction of sp³-hybridized carbons (Fsp3) is 0.250. The summed E-state index contributed by atoms with van der Waals surface area (Å²) in [5, 5.41) is 5.98. The van der Waals surface area contributed by atoms with Gasteiger partial charge >= 0.3 is 0 Å². The van der Waals surface area contributed by atoms with Gasteiger partial charge < -0.3 is 31.0 Å². The van der Waals surface area contributed by atoms with Crippen LogP contribution in [0.3, 0.4) is 0 Å². The van der Waals surface area contributed by atoms with Gasteiger partial charge in [0.1, 0.15) is 17.0 Å². The number of amides is 2. The predicted octanol–water partition coefficient (Wildman–Crippen LogP) is 3.67. The lowest BCUT2D eigenvalue weighted by Gasteiger charge is -2.26. The number of pyridine rings is 1. The Morgan fingerprint density at radius 2 is 1.90 bits per heavy atom. The molecule has 1 aliphatic heterocycles. The van der Waals surface area contributed by atoms with Crippen molar-refractivity contribution in [3.63, 3.8) is 0 Å². The molecule has 1 aliphatic rings. The second-order valence-corrected chi connectivity index (χ2v) is 10.4. The molecule has 1 atom stereocenters. The Kier molecular flexibility index (Phi) is 8.97. The van der Waals surface area contributed by atoms with Crippen molar-refractivity contribution in [3.8, 4) is 0 Å². The van der Waals surface area contributed by atoms with E-state index in [0.717, 1.165) is 12.1 Å². The number of nitrogens with one attached hydrogen (secondary N) is 3. The molecule has 2 aromatic heterocycles. The first-order chi connectivity index (χ1) is 20.2. The zero-order chi connectivity index (χ0) is 29.8. The average Bonchev–Trinajstić information content (AvgIpc) is 2.98. The number of anilines is 2. The van der Waals surface area contributed by atoms with Gasteiger partial charge in [-0.2, -0.15) is 4.98 Å². The highest BCUT2D eigenvalue weighted by Crippen LogP contribution is 2.28. The van der Waals surface area contributed by atoms with Crippen molar-refractivity contribution in [2.45, 2.75) is 12.5 Å². The molecular weight excluding hydrogens is 588 g/mol. The molecule has 5 N–H and O–H groups in total. The quantitative estimate of drug-likeness (QED) is 0.234. The summed E-state index contributed by atoms with van der Waals surface area (Å²) in [7, 11) is 0. The van der Waals surface area contributed by atoms with E-state index >= 15 is 0 Å². The van der Waals surface area contributed by atoms with E-state index in [4.69, 9.17) is 33.7 Å². The van der Waals surface area contributed by atoms with E-state index in [-0.39, 0.29) is 34.0 Å². The van der Waals surface area contributed by atoms with Gasteiger partial charge in [-0.15, -0.1) is 0 Å². The van der Waals surface area contributed by atoms with Crippen LogP contribution in [0, 0.1) is 5.82 Å². The number of H-pyrrole nitrogens is 1. The number of benzene rings is 2. The normalized spacial score (nSPS) is 14.0. The van der Waals surface area contributed by atoms with E-state index in [1.54, 1.807) is 24.3 Å². The van der Waals surface area contributed by atoms with Gasteiger partial charge in [0, 0.05) is 29.7 Å². The summed E-state index contributed by atoms with van der Waals surface area (Å²) in [5.74, 6) is -2.04. The first kappa shape index (κ1) is 29.4. The minimum atomic E-state index is -0.898. The maximum absolute atomic E-state index is 14.9. The third-order valence-corrected chi connectivity index (χ3v) is 7.23. The Labute approximate surface area is 249 Å². The van der Waals surface area contributed by atoms with Gasteiger partial charge in [-0.25, -0.2) is 9.37 Å². The summed E-state index contributed by atoms with van der Waals surface area (Å²) in [6.07, 6.45) is 1.87. The molecule has 0 saturated carbocycles. The Balaban J connectivity index is 1.37. The van der Waals surface area contributed by atoms with E-state index in [9.17, 15) is 18.8 Å². The molecule has 11 nitrogen and oxygen atoms in total. The second-order valence-electron chi connectivity index (χ2n) is 9.51. The van der Waals surface area contributed by atoms with Crippen molar-refractivity contribution >= 4 is 57.7 Å². The summed E-state index contributed by atoms with van der Waals surface area (Å²) < 4.78 is 20.2. The summed E-state index contributed by atoms with van der Waals surface area (Å²) in [6, 6.07) is 9.69. The van der Waals surface area contributed by atoms with Crippen LogP contribution in [-0.4, -0.2) is 59.6 Å². The fourth-order valence-corrected chi connectivity index (χ4v) is 4.92. The first-order valence-corrected chi connectivity index (χ1v) is 13.8. The lowest BCUT2D eigenvalue weighted by atomic mass is 10.0. The maximum atomic E-state index is 14.9. The van der Waals surface area contributed by atoms with Gasteiger partial charge in [0.2, 0.25) is 5.95 Å². The molecule has 0 radical (unpaired) electrons. The van der Waals surface area contributed by atoms with Crippen LogP contribution in [0.15, 0.2) is 53.5 Å². The van der Waals surface area contributed by atoms with Gasteiger partial charge in [-0.3, -0.25) is 14.4 Å². The Bertz CT molecular complexity index is 1710. The molecule has 4 aromatic rings. The molecule has 0 spiro atoms. The van der Waals surface area contributed by atoms with Crippen molar-refractivity contribution in [2.75, 3.05) is 43.1 Å². The summed E-state index contributed by atoms with van der Waals surface area (Å²) in [5.41, 5.74) is 5.30. The number of nitrogens with zero attached hydrogens (tertiary/aromatic N) is 3. The van der Waals surface area contributed by atoms with E-state index in [0.29, 0.717) is 54.6 Å². The topological polar surface area (TPSA) is 155 Å². The predicted molar refractivity (Wildman–Crippen MR) is 158 cm³/mol. The Hall–Kier alpha value is -4.10. The molecule has 42 heavy (non-hydrogen) atoms. The number of fused-ring (bicyclic) bond motifs is 1. The Morgan fingerprint density at radius 1 is 1.12 bits per heavy atom. The number of carbonyl (C=O) groups is 2. The summed E-state index contributed by atoms with van der Waals surface area (Å²) >= 11 is 12.3. The van der Waals surface area contributed by atoms with E-state index in [2.05, 4.69) is 25.6 Å². The zero-order valence-corrected chi connectivity index (χ0v) is 23.6. The van der Waals surface area contributed by atoms with Crippen LogP contribution in [0.1, 0.15) is 38.7 Å². The SMILES string of the molecule is NCCC(NC(=O)c1cc(NC(=O)c2cc3cnc(N4CCOCC4)nc3[nH]c2=O)c(Cl)cc1F)c1cccc(Cl)c1. The second kappa shape index (κ2) is 12.8. The largest absolute Gasteiger partial charge is 0.378 e. The lowest BCUT2D eigenvalue weighted by molar-refractivity contribution is 0.0930. The molecule has 5 rings (SSSR count). The van der Waals surface area contributed by atoms with Crippen molar-refractivity contribution < 1.29 is 18.7 Å². The van der Waals surface area contributed by atoms with Crippen LogP contribution in [0.5, 0.6) is 0 Å². The van der Waals surface area contributed by atoms with Crippen LogP contribution in [0.4, 0.5) is 16.0 Å². The molecule has 0 aliphatic carbocycles. The monoisotopic (exact) mass is 613 g/mol. The highest BCUT2D eigenvalue weighted by Gasteiger charge is 2.22. The van der Waals surface area contributed by atoms with Gasteiger partial charge in [0.25, 0.3) is 17.4 Å². The first-order valence-electron chi connectivity index (χ1n) is 13.0. The van der Waals surface area contributed by atoms with Gasteiger partial charge in [-0.05, 0) is 48.9 Å². The molecule has 1 unspecified atom stereocenters. The molecule has 3 heterocycles. The molecule has 14 heteroatoms. The number of aromatic nitrogens is 3. The summed E-state index contributed by atoms with van der Waals surface area (Å²) in [6.45, 7) is 2.57. The lowest BCUT2D eigenvalue weighted by Crippen LogP contribution is -2.37. The van der Waals surface area contributed by atoms with Gasteiger partial charge in [0.15, 0.2) is 0 Å². The van der Waals surface area contributed by atoms with Crippen molar-refractivity contribution in [3.05, 3.63) is 91.6 Å². The molecule has 1 saturated heterocycles. The van der Waals surface area contributed by atoms with E-state index < -0.39 is 29.2 Å². The number of hydrogen-bond donors (Lipinski definition) is 4. The number of hydrogen-bond acceptors (Lipinski definition) is 8. The van der Waals surface area contributed by atoms with Gasteiger partial charge in [-0.1, -0.05) is 35.3 Å². The van der Waals surface area contributed by atoms with Crippen molar-refractivity contribution in [1.82, 2.24) is 20.3 Å². The molecule has 0 bridgehead atoms. The highest BCUT2D eigenvalue weighted by molar-refractivity contribution is 6.34. The minimum Gasteiger partial charge on any atom is -0.378 e. The Morgan fingerprint density at radius 3 is 2.64 bits per heavy atom. The number of nitrogens with two attached hydrogens (primary N) is 1. The molecular formula is C28H26Cl2FN7O4. The van der Waals surface area contributed by atoms with Crippen LogP contribution < -0.4 is 26.8 Å². The van der Waals surface area contributed by atoms with E-state index in [1.165, 1.54) is 12.3 Å². The smallest absolute Gasteiger partial charge is 0.262 e. The molecule has 2 aromatic carbocycles. The molecule has 2 amide bonds. The van der Waals surface area contributed by atoms with Crippen molar-refractivity contribution in [2.24, 2.45) is 5.73 Å². The van der Waals surface area contributed by atoms with Gasteiger partial charge in [0.05, 0.1) is 35.5 Å². The zero-order valence-electron chi connectivity index (χ0n) is 22.1. The fourth-order valence-electron chi connectivity index (χ4n) is 4.52. The van der Waals surface area contributed by atoms with Crippen LogP contribution in [0.2, 0.25) is 10.0 Å². The third-order valence-electron chi connectivity index (χ3n) is 6.68. The number of morpholine rings is 1. The summed E-state index contributed by atoms with van der Waals surface area (Å²) in [4.78, 5) is 52.3. The van der Waals surface area contributed by atoms with Crippen LogP contribution in [-0.2, 0) is 4.74 Å². The third kappa shape index (κ3) is 6.52. The minimum absolute atomic E-state index is 0.0650. The average molecular weight is 614 g/mol. The number of carbonyl (C=O) groups excluding carboxylic acids is 2. The number of ether oxygens (including phenoxy) is 1. The standard InChI is InChI=1S/C28H26Cl2FN7O4/c29-17-3-1-2-15(10-17)22(4-5-32)34-25(39)18-12-23(20(30)13-21(18)31)35-26(40)19-11-16-14-33-28(37-24(16)36-27(19)41)38-6-8-42-9-7-38/h1-3,10-14,22H,4-9,32H2,(H,34,39)(H,35,40)(H,33,36,37,41). The van der Waals surface area contributed by atoms with Crippen molar-refractivity contribution in [1.29, 1.82) is 0 Å². The maximum Gasteiger partial charge on any atom is 0.262 e. The number of halogens is 3.